The van der Waals surface area contributed by atoms with Gasteiger partial charge in [0.15, 0.2) is 0 Å². The van der Waals surface area contributed by atoms with E-state index in [-0.39, 0.29) is 0 Å². The molecule has 0 atom stereocenters. The quantitative estimate of drug-likeness (QED) is 0.186. The minimum Gasteiger partial charge on any atom is -0.0622 e. The molecule has 202 valence electrons. The summed E-state index contributed by atoms with van der Waals surface area (Å²) in [5.41, 5.74) is 13.3. The molecule has 0 aromatic heterocycles. The highest BCUT2D eigenvalue weighted by Crippen LogP contribution is 2.61. The maximum atomic E-state index is 2.37. The second-order valence-electron chi connectivity index (χ2n) is 12.0. The number of hydrogen-bond acceptors (Lipinski definition) is 0. The molecule has 2 aliphatic rings. The molecule has 0 N–H and O–H groups in total. The summed E-state index contributed by atoms with van der Waals surface area (Å²) in [6.07, 6.45) is 0. The molecule has 0 saturated heterocycles. The highest BCUT2D eigenvalue weighted by atomic mass is 14.4. The highest BCUT2D eigenvalue weighted by Gasteiger charge is 2.39. The van der Waals surface area contributed by atoms with Crippen LogP contribution in [0.15, 0.2) is 158 Å². The van der Waals surface area contributed by atoms with Gasteiger partial charge in [0, 0.05) is 0 Å². The highest BCUT2D eigenvalue weighted by molar-refractivity contribution is 6.39. The van der Waals surface area contributed by atoms with Crippen LogP contribution in [0.2, 0.25) is 0 Å². The normalized spacial score (nSPS) is 13.7. The maximum absolute atomic E-state index is 2.37. The molecule has 0 aliphatic heterocycles. The van der Waals surface area contributed by atoms with Crippen LogP contribution in [0.1, 0.15) is 33.4 Å². The standard InChI is InChI=1S/C44H26/c1-2-14-30(15-3-1)39-40-32-17-8-5-12-28(32)22-25-37(40)44-42(41-33-18-9-6-13-29(33)23-26-38(41)43(39)44)36-20-10-19-34-31-16-7-4-11-27(31)21-24-35(34)36/h1-26H. The summed E-state index contributed by atoms with van der Waals surface area (Å²) in [5.74, 6) is 0. The zero-order valence-corrected chi connectivity index (χ0v) is 24.0. The van der Waals surface area contributed by atoms with Crippen LogP contribution in [0, 0.1) is 0 Å². The first-order valence-electron chi connectivity index (χ1n) is 15.4. The van der Waals surface area contributed by atoms with Gasteiger partial charge in [-0.3, -0.25) is 0 Å². The maximum Gasteiger partial charge on any atom is -0.000696 e. The summed E-state index contributed by atoms with van der Waals surface area (Å²) in [4.78, 5) is 0. The number of benzene rings is 8. The SMILES string of the molecule is c1ccc(C2=C3C(=C(c4cccc5c4ccc4ccccc45)c4c3ccc3ccccc43)c3ccc4ccccc4c32)cc1. The minimum absolute atomic E-state index is 1.26. The molecule has 0 unspecified atom stereocenters. The van der Waals surface area contributed by atoms with Crippen molar-refractivity contribution in [1.82, 2.24) is 0 Å². The van der Waals surface area contributed by atoms with Gasteiger partial charge in [0.25, 0.3) is 0 Å². The van der Waals surface area contributed by atoms with Crippen molar-refractivity contribution in [3.8, 4) is 0 Å². The summed E-state index contributed by atoms with van der Waals surface area (Å²) in [7, 11) is 0. The lowest BCUT2D eigenvalue weighted by molar-refractivity contribution is 1.57. The van der Waals surface area contributed by atoms with E-state index in [2.05, 4.69) is 158 Å². The van der Waals surface area contributed by atoms with Gasteiger partial charge in [-0.2, -0.15) is 0 Å². The van der Waals surface area contributed by atoms with Gasteiger partial charge < -0.3 is 0 Å². The van der Waals surface area contributed by atoms with Crippen LogP contribution in [0.5, 0.6) is 0 Å². The van der Waals surface area contributed by atoms with Crippen LogP contribution >= 0.6 is 0 Å². The molecule has 10 rings (SSSR count). The molecular weight excluding hydrogens is 528 g/mol. The summed E-state index contributed by atoms with van der Waals surface area (Å²) >= 11 is 0. The van der Waals surface area contributed by atoms with Gasteiger partial charge in [-0.25, -0.2) is 0 Å². The third-order valence-corrected chi connectivity index (χ3v) is 9.77. The lowest BCUT2D eigenvalue weighted by Crippen LogP contribution is -1.95. The molecule has 2 aliphatic carbocycles. The van der Waals surface area contributed by atoms with Gasteiger partial charge >= 0.3 is 0 Å². The van der Waals surface area contributed by atoms with Gasteiger partial charge in [0.1, 0.15) is 0 Å². The number of rotatable bonds is 2. The van der Waals surface area contributed by atoms with Gasteiger partial charge in [0.05, 0.1) is 0 Å². The van der Waals surface area contributed by atoms with Gasteiger partial charge in [0.2, 0.25) is 0 Å². The molecule has 0 fully saturated rings. The molecule has 0 bridgehead atoms. The van der Waals surface area contributed by atoms with Crippen molar-refractivity contribution in [3.05, 3.63) is 191 Å². The van der Waals surface area contributed by atoms with Crippen molar-refractivity contribution in [3.63, 3.8) is 0 Å². The zero-order chi connectivity index (χ0) is 28.8. The lowest BCUT2D eigenvalue weighted by Gasteiger charge is -2.17. The molecule has 8 aromatic rings. The topological polar surface area (TPSA) is 0 Å². The average Bonchev–Trinajstić information content (AvgIpc) is 3.61. The average molecular weight is 555 g/mol. The van der Waals surface area contributed by atoms with E-state index in [0.29, 0.717) is 0 Å². The van der Waals surface area contributed by atoms with Crippen LogP contribution < -0.4 is 0 Å². The van der Waals surface area contributed by atoms with E-state index in [0.717, 1.165) is 0 Å². The van der Waals surface area contributed by atoms with E-state index in [4.69, 9.17) is 0 Å². The van der Waals surface area contributed by atoms with Crippen molar-refractivity contribution in [1.29, 1.82) is 0 Å². The van der Waals surface area contributed by atoms with E-state index in [1.165, 1.54) is 98.8 Å². The monoisotopic (exact) mass is 554 g/mol. The summed E-state index contributed by atoms with van der Waals surface area (Å²) in [6, 6.07) is 58.4. The molecule has 8 aromatic carbocycles. The second-order valence-corrected chi connectivity index (χ2v) is 12.0. The lowest BCUT2D eigenvalue weighted by atomic mass is 9.86. The van der Waals surface area contributed by atoms with E-state index in [1.807, 2.05) is 0 Å². The van der Waals surface area contributed by atoms with Crippen molar-refractivity contribution >= 4 is 65.4 Å². The summed E-state index contributed by atoms with van der Waals surface area (Å²) in [6.45, 7) is 0. The first-order valence-corrected chi connectivity index (χ1v) is 15.4. The van der Waals surface area contributed by atoms with Crippen LogP contribution in [0.3, 0.4) is 0 Å². The van der Waals surface area contributed by atoms with Gasteiger partial charge in [-0.15, -0.1) is 0 Å². The Morgan fingerprint density at radius 3 is 1.41 bits per heavy atom. The number of hydrogen-bond donors (Lipinski definition) is 0. The first kappa shape index (κ1) is 23.8. The molecule has 0 heteroatoms. The van der Waals surface area contributed by atoms with E-state index < -0.39 is 0 Å². The fourth-order valence-electron chi connectivity index (χ4n) is 7.96. The largest absolute Gasteiger partial charge is 0.0622 e. The minimum atomic E-state index is 1.26. The molecule has 0 amide bonds. The Balaban J connectivity index is 1.44. The summed E-state index contributed by atoms with van der Waals surface area (Å²) < 4.78 is 0. The third-order valence-electron chi connectivity index (χ3n) is 9.77. The van der Waals surface area contributed by atoms with Crippen LogP contribution in [0.4, 0.5) is 0 Å². The van der Waals surface area contributed by atoms with Gasteiger partial charge in [-0.1, -0.05) is 158 Å². The van der Waals surface area contributed by atoms with Crippen molar-refractivity contribution < 1.29 is 0 Å². The fraction of sp³-hybridized carbons (Fsp3) is 0. The van der Waals surface area contributed by atoms with Crippen molar-refractivity contribution in [2.24, 2.45) is 0 Å². The zero-order valence-electron chi connectivity index (χ0n) is 24.0. The van der Waals surface area contributed by atoms with Crippen LogP contribution in [0.25, 0.3) is 65.4 Å². The first-order chi connectivity index (χ1) is 21.9. The Bertz CT molecular complexity index is 2580. The molecule has 0 saturated carbocycles. The molecule has 0 radical (unpaired) electrons. The predicted molar refractivity (Wildman–Crippen MR) is 188 cm³/mol. The fourth-order valence-corrected chi connectivity index (χ4v) is 7.96. The Labute approximate surface area is 255 Å². The van der Waals surface area contributed by atoms with E-state index >= 15 is 0 Å². The van der Waals surface area contributed by atoms with Crippen LogP contribution in [-0.2, 0) is 0 Å². The Kier molecular flexibility index (Phi) is 4.81. The molecule has 0 heterocycles. The number of allylic oxidation sites excluding steroid dienone is 2. The smallest absolute Gasteiger partial charge is 0.000696 e. The van der Waals surface area contributed by atoms with Crippen molar-refractivity contribution in [2.75, 3.05) is 0 Å². The Hall–Kier alpha value is -5.72. The molecule has 44 heavy (non-hydrogen) atoms. The number of fused-ring (bicyclic) bond motifs is 12. The Morgan fingerprint density at radius 2 is 0.727 bits per heavy atom. The Morgan fingerprint density at radius 1 is 0.227 bits per heavy atom. The van der Waals surface area contributed by atoms with Crippen LogP contribution in [-0.4, -0.2) is 0 Å². The molecule has 0 nitrogen and oxygen atoms in total. The van der Waals surface area contributed by atoms with E-state index in [9.17, 15) is 0 Å². The van der Waals surface area contributed by atoms with E-state index in [1.54, 1.807) is 0 Å². The second kappa shape index (κ2) is 8.89. The summed E-state index contributed by atoms with van der Waals surface area (Å²) in [5, 5.41) is 10.3. The molecule has 0 spiro atoms. The van der Waals surface area contributed by atoms with Crippen molar-refractivity contribution in [2.45, 2.75) is 0 Å². The molecular formula is C44H26. The van der Waals surface area contributed by atoms with Gasteiger partial charge in [-0.05, 0) is 98.8 Å². The predicted octanol–water partition coefficient (Wildman–Crippen LogP) is 11.5. The third kappa shape index (κ3) is 3.12.